The first-order chi connectivity index (χ1) is 18.5. The number of nitrogens with zero attached hydrogens (tertiary/aromatic N) is 2. The van der Waals surface area contributed by atoms with Crippen LogP contribution in [-0.2, 0) is 19.6 Å². The molecule has 1 fully saturated rings. The third-order valence-corrected chi connectivity index (χ3v) is 8.41. The molecule has 9 nitrogen and oxygen atoms in total. The fourth-order valence-electron chi connectivity index (χ4n) is 4.51. The summed E-state index contributed by atoms with van der Waals surface area (Å²) in [5.74, 6) is -2.00. The fourth-order valence-corrected chi connectivity index (χ4v) is 5.95. The van der Waals surface area contributed by atoms with E-state index in [0.29, 0.717) is 18.4 Å². The number of sulfonamides is 1. The van der Waals surface area contributed by atoms with Crippen molar-refractivity contribution in [3.8, 4) is 0 Å². The third kappa shape index (κ3) is 6.85. The maximum atomic E-state index is 13.3. The van der Waals surface area contributed by atoms with Crippen LogP contribution in [0.1, 0.15) is 43.6 Å². The molecule has 1 aliphatic heterocycles. The lowest BCUT2D eigenvalue weighted by molar-refractivity contribution is -0.129. The summed E-state index contributed by atoms with van der Waals surface area (Å²) in [5.41, 5.74) is 0.821. The van der Waals surface area contributed by atoms with Gasteiger partial charge in [-0.1, -0.05) is 38.1 Å². The summed E-state index contributed by atoms with van der Waals surface area (Å²) in [6.07, 6.45) is 0.908. The van der Waals surface area contributed by atoms with Gasteiger partial charge in [0.25, 0.3) is 5.91 Å². The molecule has 2 atom stereocenters. The quantitative estimate of drug-likeness (QED) is 0.441. The number of hydrogen-bond donors (Lipinski definition) is 2. The molecule has 1 unspecified atom stereocenters. The summed E-state index contributed by atoms with van der Waals surface area (Å²) < 4.78 is 40.3. The van der Waals surface area contributed by atoms with Gasteiger partial charge in [0, 0.05) is 11.9 Å². The van der Waals surface area contributed by atoms with Gasteiger partial charge in [-0.3, -0.25) is 14.4 Å². The number of benzene rings is 2. The first kappa shape index (κ1) is 28.3. The van der Waals surface area contributed by atoms with Crippen molar-refractivity contribution >= 4 is 38.5 Å². The first-order valence-corrected chi connectivity index (χ1v) is 14.2. The number of para-hydroxylation sites is 1. The van der Waals surface area contributed by atoms with Gasteiger partial charge in [-0.25, -0.2) is 17.8 Å². The van der Waals surface area contributed by atoms with E-state index in [1.54, 1.807) is 18.2 Å². The number of hydrogen-bond acceptors (Lipinski definition) is 6. The van der Waals surface area contributed by atoms with Gasteiger partial charge >= 0.3 is 0 Å². The van der Waals surface area contributed by atoms with Crippen LogP contribution in [0, 0.1) is 11.7 Å². The Morgan fingerprint density at radius 2 is 1.79 bits per heavy atom. The van der Waals surface area contributed by atoms with E-state index in [2.05, 4.69) is 15.6 Å². The molecule has 39 heavy (non-hydrogen) atoms. The molecule has 2 N–H and O–H groups in total. The Morgan fingerprint density at radius 1 is 1.08 bits per heavy atom. The average molecular weight is 555 g/mol. The summed E-state index contributed by atoms with van der Waals surface area (Å²) >= 11 is 0. The Kier molecular flexibility index (Phi) is 8.71. The van der Waals surface area contributed by atoms with Crippen molar-refractivity contribution in [2.45, 2.75) is 50.1 Å². The highest BCUT2D eigenvalue weighted by molar-refractivity contribution is 7.89. The number of fused-ring (bicyclic) bond motifs is 1. The van der Waals surface area contributed by atoms with E-state index in [1.165, 1.54) is 0 Å². The standard InChI is InChI=1S/C28H31FN4O5S/c1-18(2)16-25(32-27(35)24-14-9-19-6-3-4-7-22(19)30-24)28(36)31-23-8-5-15-33(17-26(23)34)39(37,38)21-12-10-20(29)11-13-21/h3-4,6-7,9-14,18,23,25H,5,8,15-17H2,1-2H3,(H,31,36)(H,32,35)/t23?,25-/m0/s1. The van der Waals surface area contributed by atoms with Crippen molar-refractivity contribution in [2.75, 3.05) is 13.1 Å². The zero-order valence-corrected chi connectivity index (χ0v) is 22.6. The lowest BCUT2D eigenvalue weighted by Crippen LogP contribution is -2.52. The Labute approximate surface area is 226 Å². The number of Topliss-reactive ketones (excluding diaryl/α,β-unsaturated/α-hetero) is 1. The Bertz CT molecular complexity index is 1480. The van der Waals surface area contributed by atoms with E-state index in [9.17, 15) is 27.2 Å². The van der Waals surface area contributed by atoms with Crippen LogP contribution in [0.25, 0.3) is 10.9 Å². The zero-order chi connectivity index (χ0) is 28.2. The van der Waals surface area contributed by atoms with Gasteiger partial charge < -0.3 is 10.6 Å². The Balaban J connectivity index is 1.44. The predicted molar refractivity (Wildman–Crippen MR) is 144 cm³/mol. The van der Waals surface area contributed by atoms with Crippen molar-refractivity contribution in [3.05, 3.63) is 72.2 Å². The van der Waals surface area contributed by atoms with Crippen molar-refractivity contribution < 1.29 is 27.2 Å². The summed E-state index contributed by atoms with van der Waals surface area (Å²) in [6, 6.07) is 13.3. The monoisotopic (exact) mass is 554 g/mol. The third-order valence-electron chi connectivity index (χ3n) is 6.55. The predicted octanol–water partition coefficient (Wildman–Crippen LogP) is 3.06. The summed E-state index contributed by atoms with van der Waals surface area (Å²) in [4.78, 5) is 43.5. The smallest absolute Gasteiger partial charge is 0.270 e. The van der Waals surface area contributed by atoms with Crippen LogP contribution < -0.4 is 10.6 Å². The second-order valence-corrected chi connectivity index (χ2v) is 11.9. The highest BCUT2D eigenvalue weighted by Crippen LogP contribution is 2.20. The number of rotatable bonds is 8. The molecule has 206 valence electrons. The normalized spacial score (nSPS) is 17.5. The van der Waals surface area contributed by atoms with Gasteiger partial charge in [0.05, 0.1) is 23.0 Å². The average Bonchev–Trinajstić information content (AvgIpc) is 3.09. The molecule has 11 heteroatoms. The molecular weight excluding hydrogens is 523 g/mol. The minimum absolute atomic E-state index is 0.0618. The highest BCUT2D eigenvalue weighted by atomic mass is 32.2. The van der Waals surface area contributed by atoms with E-state index in [0.717, 1.165) is 34.0 Å². The number of carbonyl (C=O) groups is 3. The van der Waals surface area contributed by atoms with Crippen LogP contribution in [0.5, 0.6) is 0 Å². The van der Waals surface area contributed by atoms with E-state index in [1.807, 2.05) is 32.0 Å². The fraction of sp³-hybridized carbons (Fsp3) is 0.357. The van der Waals surface area contributed by atoms with Crippen molar-refractivity contribution in [1.29, 1.82) is 0 Å². The van der Waals surface area contributed by atoms with Crippen molar-refractivity contribution in [2.24, 2.45) is 5.92 Å². The van der Waals surface area contributed by atoms with Gasteiger partial charge in [-0.2, -0.15) is 4.31 Å². The van der Waals surface area contributed by atoms with Crippen LogP contribution in [0.2, 0.25) is 0 Å². The number of ketones is 1. The number of nitrogens with one attached hydrogen (secondary N) is 2. The van der Waals surface area contributed by atoms with Crippen LogP contribution in [0.3, 0.4) is 0 Å². The van der Waals surface area contributed by atoms with Crippen molar-refractivity contribution in [1.82, 2.24) is 19.9 Å². The topological polar surface area (TPSA) is 126 Å². The van der Waals surface area contributed by atoms with E-state index < -0.39 is 52.1 Å². The van der Waals surface area contributed by atoms with Crippen LogP contribution in [0.15, 0.2) is 65.6 Å². The molecule has 3 aromatic rings. The Hall–Kier alpha value is -3.70. The SMILES string of the molecule is CC(C)C[C@H](NC(=O)c1ccc2ccccc2n1)C(=O)NC1CCCN(S(=O)(=O)c2ccc(F)cc2)CC1=O. The minimum Gasteiger partial charge on any atom is -0.344 e. The molecular formula is C28H31FN4O5S. The van der Waals surface area contributed by atoms with Gasteiger partial charge in [0.15, 0.2) is 5.78 Å². The molecule has 2 aromatic carbocycles. The second-order valence-electron chi connectivity index (χ2n) is 10.0. The van der Waals surface area contributed by atoms with Crippen LogP contribution in [0.4, 0.5) is 4.39 Å². The van der Waals surface area contributed by atoms with Gasteiger partial charge in [0.1, 0.15) is 17.6 Å². The van der Waals surface area contributed by atoms with Crippen molar-refractivity contribution in [3.63, 3.8) is 0 Å². The molecule has 0 radical (unpaired) electrons. The molecule has 2 heterocycles. The van der Waals surface area contributed by atoms with E-state index in [4.69, 9.17) is 0 Å². The number of carbonyl (C=O) groups excluding carboxylic acids is 3. The maximum Gasteiger partial charge on any atom is 0.270 e. The van der Waals surface area contributed by atoms with Crippen LogP contribution >= 0.6 is 0 Å². The lowest BCUT2D eigenvalue weighted by Gasteiger charge is -2.23. The Morgan fingerprint density at radius 3 is 2.51 bits per heavy atom. The summed E-state index contributed by atoms with van der Waals surface area (Å²) in [5, 5.41) is 6.35. The molecule has 0 spiro atoms. The molecule has 4 rings (SSSR count). The minimum atomic E-state index is -4.01. The van der Waals surface area contributed by atoms with E-state index >= 15 is 0 Å². The maximum absolute atomic E-state index is 13.3. The molecule has 1 aliphatic rings. The van der Waals surface area contributed by atoms with Gasteiger partial charge in [-0.05, 0) is 61.6 Å². The molecule has 0 saturated carbocycles. The van der Waals surface area contributed by atoms with Gasteiger partial charge in [-0.15, -0.1) is 0 Å². The zero-order valence-electron chi connectivity index (χ0n) is 21.8. The number of halogens is 1. The number of amides is 2. The highest BCUT2D eigenvalue weighted by Gasteiger charge is 2.34. The molecule has 1 saturated heterocycles. The first-order valence-electron chi connectivity index (χ1n) is 12.8. The lowest BCUT2D eigenvalue weighted by atomic mass is 10.0. The molecule has 1 aromatic heterocycles. The van der Waals surface area contributed by atoms with E-state index in [-0.39, 0.29) is 29.5 Å². The van der Waals surface area contributed by atoms with Gasteiger partial charge in [0.2, 0.25) is 15.9 Å². The number of pyridine rings is 1. The molecule has 0 aliphatic carbocycles. The molecule has 2 amide bonds. The second kappa shape index (κ2) is 12.0. The number of aromatic nitrogens is 1. The molecule has 0 bridgehead atoms. The van der Waals surface area contributed by atoms with Crippen LogP contribution in [-0.4, -0.2) is 60.5 Å². The summed E-state index contributed by atoms with van der Waals surface area (Å²) in [7, 11) is -4.01. The largest absolute Gasteiger partial charge is 0.344 e. The summed E-state index contributed by atoms with van der Waals surface area (Å²) in [6.45, 7) is 3.48.